The topological polar surface area (TPSA) is 49.7 Å². The van der Waals surface area contributed by atoms with Crippen LogP contribution in [0.4, 0.5) is 0 Å². The summed E-state index contributed by atoms with van der Waals surface area (Å²) < 4.78 is 6.96. The Morgan fingerprint density at radius 2 is 1.60 bits per heavy atom. The molecular formula is C16H23BrO3. The predicted molar refractivity (Wildman–Crippen MR) is 83.1 cm³/mol. The molecule has 1 fully saturated rings. The van der Waals surface area contributed by atoms with E-state index in [-0.39, 0.29) is 5.92 Å². The Hall–Kier alpha value is -0.580. The second-order valence-electron chi connectivity index (χ2n) is 6.50. The number of rotatable bonds is 3. The lowest BCUT2D eigenvalue weighted by molar-refractivity contribution is -0.107. The Labute approximate surface area is 129 Å². The third-order valence-electron chi connectivity index (χ3n) is 4.43. The molecule has 0 saturated heterocycles. The molecule has 0 bridgehead atoms. The van der Waals surface area contributed by atoms with Crippen LogP contribution < -0.4 is 4.74 Å². The Balaban J connectivity index is 2.01. The number of aryl methyl sites for hydroxylation is 2. The molecule has 0 radical (unpaired) electrons. The summed E-state index contributed by atoms with van der Waals surface area (Å²) in [5.41, 5.74) is 0.218. The summed E-state index contributed by atoms with van der Waals surface area (Å²) in [6.07, 6.45) is 1.13. The first-order chi connectivity index (χ1) is 9.12. The standard InChI is InChI=1S/C16H23BrO3/c1-10-5-13(6-11(2)14(10)17)20-9-12-7-15(3,18)16(4,19)8-12/h5-6,12,18-19H,7-9H2,1-4H3. The van der Waals surface area contributed by atoms with Crippen LogP contribution in [-0.4, -0.2) is 28.0 Å². The van der Waals surface area contributed by atoms with E-state index in [1.54, 1.807) is 13.8 Å². The number of aliphatic hydroxyl groups is 2. The molecule has 0 amide bonds. The van der Waals surface area contributed by atoms with Crippen LogP contribution >= 0.6 is 15.9 Å². The second-order valence-corrected chi connectivity index (χ2v) is 7.30. The van der Waals surface area contributed by atoms with Crippen molar-refractivity contribution in [3.63, 3.8) is 0 Å². The Bertz CT molecular complexity index is 469. The highest BCUT2D eigenvalue weighted by molar-refractivity contribution is 9.10. The van der Waals surface area contributed by atoms with Crippen molar-refractivity contribution in [1.29, 1.82) is 0 Å². The maximum atomic E-state index is 10.2. The fraction of sp³-hybridized carbons (Fsp3) is 0.625. The highest BCUT2D eigenvalue weighted by atomic mass is 79.9. The van der Waals surface area contributed by atoms with Crippen molar-refractivity contribution in [3.05, 3.63) is 27.7 Å². The minimum absolute atomic E-state index is 0.171. The van der Waals surface area contributed by atoms with Crippen LogP contribution in [0.2, 0.25) is 0 Å². The van der Waals surface area contributed by atoms with Gasteiger partial charge in [0.25, 0.3) is 0 Å². The van der Waals surface area contributed by atoms with Crippen molar-refractivity contribution in [2.45, 2.75) is 51.7 Å². The van der Waals surface area contributed by atoms with Crippen molar-refractivity contribution in [2.75, 3.05) is 6.61 Å². The first-order valence-corrected chi connectivity index (χ1v) is 7.76. The molecule has 20 heavy (non-hydrogen) atoms. The largest absolute Gasteiger partial charge is 0.493 e. The van der Waals surface area contributed by atoms with Gasteiger partial charge in [-0.05, 0) is 69.7 Å². The fourth-order valence-corrected chi connectivity index (χ4v) is 3.19. The van der Waals surface area contributed by atoms with E-state index in [0.717, 1.165) is 21.3 Å². The van der Waals surface area contributed by atoms with E-state index in [9.17, 15) is 10.2 Å². The number of halogens is 1. The molecule has 2 N–H and O–H groups in total. The molecule has 0 spiro atoms. The lowest BCUT2D eigenvalue weighted by atomic mass is 9.90. The molecular weight excluding hydrogens is 320 g/mol. The monoisotopic (exact) mass is 342 g/mol. The number of benzene rings is 1. The van der Waals surface area contributed by atoms with Gasteiger partial charge < -0.3 is 14.9 Å². The summed E-state index contributed by atoms with van der Waals surface area (Å²) in [5.74, 6) is 1.01. The summed E-state index contributed by atoms with van der Waals surface area (Å²) in [6.45, 7) is 7.98. The zero-order valence-corrected chi connectivity index (χ0v) is 14.1. The van der Waals surface area contributed by atoms with Crippen LogP contribution in [0.1, 0.15) is 37.8 Å². The van der Waals surface area contributed by atoms with Crippen molar-refractivity contribution in [2.24, 2.45) is 5.92 Å². The molecule has 1 aliphatic rings. The van der Waals surface area contributed by atoms with Gasteiger partial charge in [0.05, 0.1) is 17.8 Å². The maximum Gasteiger partial charge on any atom is 0.119 e. The minimum atomic E-state index is -1.04. The molecule has 1 saturated carbocycles. The molecule has 0 heterocycles. The molecule has 1 aromatic carbocycles. The number of hydrogen-bond acceptors (Lipinski definition) is 3. The van der Waals surface area contributed by atoms with Crippen molar-refractivity contribution >= 4 is 15.9 Å². The van der Waals surface area contributed by atoms with Gasteiger partial charge in [0.15, 0.2) is 0 Å². The average molecular weight is 343 g/mol. The van der Waals surface area contributed by atoms with E-state index in [2.05, 4.69) is 15.9 Å². The van der Waals surface area contributed by atoms with E-state index in [1.807, 2.05) is 26.0 Å². The van der Waals surface area contributed by atoms with Crippen LogP contribution in [0.25, 0.3) is 0 Å². The maximum absolute atomic E-state index is 10.2. The van der Waals surface area contributed by atoms with Crippen molar-refractivity contribution in [1.82, 2.24) is 0 Å². The molecule has 1 aromatic rings. The molecule has 112 valence electrons. The van der Waals surface area contributed by atoms with Gasteiger partial charge in [0.2, 0.25) is 0 Å². The lowest BCUT2D eigenvalue weighted by Crippen LogP contribution is -2.44. The molecule has 1 aliphatic carbocycles. The van der Waals surface area contributed by atoms with Gasteiger partial charge >= 0.3 is 0 Å². The molecule has 4 heteroatoms. The zero-order chi connectivity index (χ0) is 15.1. The van der Waals surface area contributed by atoms with Gasteiger partial charge in [-0.3, -0.25) is 0 Å². The zero-order valence-electron chi connectivity index (χ0n) is 12.5. The molecule has 0 aliphatic heterocycles. The fourth-order valence-electron chi connectivity index (χ4n) is 2.96. The summed E-state index contributed by atoms with van der Waals surface area (Å²) in [7, 11) is 0. The van der Waals surface area contributed by atoms with Gasteiger partial charge in [0, 0.05) is 4.47 Å². The van der Waals surface area contributed by atoms with Crippen LogP contribution in [0.5, 0.6) is 5.75 Å². The van der Waals surface area contributed by atoms with Crippen LogP contribution in [0, 0.1) is 19.8 Å². The smallest absolute Gasteiger partial charge is 0.119 e. The summed E-state index contributed by atoms with van der Waals surface area (Å²) >= 11 is 3.54. The molecule has 3 nitrogen and oxygen atoms in total. The van der Waals surface area contributed by atoms with Gasteiger partial charge in [-0.1, -0.05) is 15.9 Å². The average Bonchev–Trinajstić information content (AvgIpc) is 2.52. The molecule has 2 rings (SSSR count). The van der Waals surface area contributed by atoms with Crippen LogP contribution in [0.3, 0.4) is 0 Å². The van der Waals surface area contributed by atoms with Crippen molar-refractivity contribution < 1.29 is 14.9 Å². The van der Waals surface area contributed by atoms with Gasteiger partial charge in [-0.2, -0.15) is 0 Å². The number of ether oxygens (including phenoxy) is 1. The first-order valence-electron chi connectivity index (χ1n) is 6.97. The highest BCUT2D eigenvalue weighted by Crippen LogP contribution is 2.42. The first kappa shape index (κ1) is 15.8. The number of hydrogen-bond donors (Lipinski definition) is 2. The summed E-state index contributed by atoms with van der Waals surface area (Å²) in [5, 5.41) is 20.4. The predicted octanol–water partition coefficient (Wildman–Crippen LogP) is 3.36. The second kappa shape index (κ2) is 5.32. The normalized spacial score (nSPS) is 33.5. The summed E-state index contributed by atoms with van der Waals surface area (Å²) in [6, 6.07) is 4.00. The van der Waals surface area contributed by atoms with Gasteiger partial charge in [-0.25, -0.2) is 0 Å². The Kier molecular flexibility index (Phi) is 4.20. The Morgan fingerprint density at radius 3 is 2.05 bits per heavy atom. The van der Waals surface area contributed by atoms with Crippen LogP contribution in [-0.2, 0) is 0 Å². The molecule has 0 aromatic heterocycles. The van der Waals surface area contributed by atoms with E-state index in [1.165, 1.54) is 0 Å². The SMILES string of the molecule is Cc1cc(OCC2CC(C)(O)C(C)(O)C2)cc(C)c1Br. The quantitative estimate of drug-likeness (QED) is 0.885. The van der Waals surface area contributed by atoms with Gasteiger partial charge in [-0.15, -0.1) is 0 Å². The van der Waals surface area contributed by atoms with E-state index in [4.69, 9.17) is 4.74 Å². The highest BCUT2D eigenvalue weighted by Gasteiger charge is 2.50. The lowest BCUT2D eigenvalue weighted by Gasteiger charge is -2.31. The summed E-state index contributed by atoms with van der Waals surface area (Å²) in [4.78, 5) is 0. The van der Waals surface area contributed by atoms with Gasteiger partial charge in [0.1, 0.15) is 5.75 Å². The molecule has 2 unspecified atom stereocenters. The van der Waals surface area contributed by atoms with Crippen molar-refractivity contribution in [3.8, 4) is 5.75 Å². The third kappa shape index (κ3) is 3.02. The van der Waals surface area contributed by atoms with E-state index < -0.39 is 11.2 Å². The minimum Gasteiger partial charge on any atom is -0.493 e. The Morgan fingerprint density at radius 1 is 1.15 bits per heavy atom. The van der Waals surface area contributed by atoms with E-state index >= 15 is 0 Å². The van der Waals surface area contributed by atoms with E-state index in [0.29, 0.717) is 19.4 Å². The van der Waals surface area contributed by atoms with Crippen LogP contribution in [0.15, 0.2) is 16.6 Å². The third-order valence-corrected chi connectivity index (χ3v) is 5.68. The molecule has 2 atom stereocenters.